The lowest BCUT2D eigenvalue weighted by Gasteiger charge is -2.29. The number of ether oxygens (including phenoxy) is 1. The molecule has 2 heterocycles. The summed E-state index contributed by atoms with van der Waals surface area (Å²) >= 11 is 12.3. The standard InChI is InChI=1S/C20H14Cl2F2N2O3/c21-11-1-3-13(14(22)9-11)17-18(25-5-7-29-8-6-25)20(28)26(19(17)27)16-4-2-12(23)10-15(16)24/h1-4,9-10H,5-8H2. The fraction of sp³-hybridized carbons (Fsp3) is 0.200. The van der Waals surface area contributed by atoms with Gasteiger partial charge in [-0.2, -0.15) is 0 Å². The number of rotatable bonds is 3. The summed E-state index contributed by atoms with van der Waals surface area (Å²) < 4.78 is 33.1. The number of anilines is 1. The minimum Gasteiger partial charge on any atom is -0.378 e. The monoisotopic (exact) mass is 438 g/mol. The highest BCUT2D eigenvalue weighted by Gasteiger charge is 2.44. The highest BCUT2D eigenvalue weighted by Crippen LogP contribution is 2.39. The predicted octanol–water partition coefficient (Wildman–Crippen LogP) is 3.89. The number of carbonyl (C=O) groups is 2. The van der Waals surface area contributed by atoms with Crippen molar-refractivity contribution in [3.63, 3.8) is 0 Å². The van der Waals surface area contributed by atoms with E-state index in [4.69, 9.17) is 27.9 Å². The van der Waals surface area contributed by atoms with Crippen molar-refractivity contribution in [2.24, 2.45) is 0 Å². The van der Waals surface area contributed by atoms with Crippen molar-refractivity contribution in [3.8, 4) is 0 Å². The molecular weight excluding hydrogens is 425 g/mol. The van der Waals surface area contributed by atoms with E-state index in [1.165, 1.54) is 12.1 Å². The molecule has 5 nitrogen and oxygen atoms in total. The van der Waals surface area contributed by atoms with E-state index in [2.05, 4.69) is 0 Å². The van der Waals surface area contributed by atoms with Gasteiger partial charge in [0.2, 0.25) is 0 Å². The molecule has 9 heteroatoms. The van der Waals surface area contributed by atoms with Gasteiger partial charge < -0.3 is 9.64 Å². The lowest BCUT2D eigenvalue weighted by atomic mass is 10.0. The third-order valence-electron chi connectivity index (χ3n) is 4.74. The molecule has 2 aromatic rings. The summed E-state index contributed by atoms with van der Waals surface area (Å²) in [5, 5.41) is 0.548. The van der Waals surface area contributed by atoms with Crippen molar-refractivity contribution < 1.29 is 23.1 Å². The number of carbonyl (C=O) groups excluding carboxylic acids is 2. The van der Waals surface area contributed by atoms with Gasteiger partial charge in [0.1, 0.15) is 17.3 Å². The van der Waals surface area contributed by atoms with Gasteiger partial charge >= 0.3 is 0 Å². The van der Waals surface area contributed by atoms with E-state index >= 15 is 0 Å². The van der Waals surface area contributed by atoms with Crippen molar-refractivity contribution in [2.75, 3.05) is 31.2 Å². The summed E-state index contributed by atoms with van der Waals surface area (Å²) in [7, 11) is 0. The quantitative estimate of drug-likeness (QED) is 0.682. The summed E-state index contributed by atoms with van der Waals surface area (Å²) in [5.74, 6) is -3.28. The number of imide groups is 1. The van der Waals surface area contributed by atoms with Gasteiger partial charge in [0.05, 0.1) is 29.5 Å². The van der Waals surface area contributed by atoms with Gasteiger partial charge in [-0.25, -0.2) is 13.7 Å². The maximum atomic E-state index is 14.4. The first-order chi connectivity index (χ1) is 13.9. The Morgan fingerprint density at radius 1 is 0.931 bits per heavy atom. The maximum Gasteiger partial charge on any atom is 0.282 e. The first kappa shape index (κ1) is 19.8. The van der Waals surface area contributed by atoms with Gasteiger partial charge in [-0.3, -0.25) is 9.59 Å². The molecule has 0 bridgehead atoms. The Bertz CT molecular complexity index is 1050. The molecule has 2 aliphatic rings. The van der Waals surface area contributed by atoms with Crippen LogP contribution >= 0.6 is 23.2 Å². The van der Waals surface area contributed by atoms with E-state index < -0.39 is 23.4 Å². The first-order valence-corrected chi connectivity index (χ1v) is 9.50. The van der Waals surface area contributed by atoms with Crippen LogP contribution in [0, 0.1) is 11.6 Å². The van der Waals surface area contributed by atoms with E-state index in [0.717, 1.165) is 12.1 Å². The Morgan fingerprint density at radius 2 is 1.66 bits per heavy atom. The number of morpholine rings is 1. The number of hydrogen-bond acceptors (Lipinski definition) is 4. The van der Waals surface area contributed by atoms with E-state index in [1.54, 1.807) is 11.0 Å². The van der Waals surface area contributed by atoms with Gasteiger partial charge in [-0.05, 0) is 24.3 Å². The molecule has 2 amide bonds. The topological polar surface area (TPSA) is 49.9 Å². The van der Waals surface area contributed by atoms with Crippen LogP contribution < -0.4 is 4.90 Å². The van der Waals surface area contributed by atoms with Crippen LogP contribution in [0.25, 0.3) is 5.57 Å². The first-order valence-electron chi connectivity index (χ1n) is 8.74. The van der Waals surface area contributed by atoms with E-state index in [1.807, 2.05) is 0 Å². The molecule has 0 saturated carbocycles. The summed E-state index contributed by atoms with van der Waals surface area (Å²) in [6, 6.07) is 7.21. The van der Waals surface area contributed by atoms with Crippen LogP contribution in [0.2, 0.25) is 10.0 Å². The third-order valence-corrected chi connectivity index (χ3v) is 5.29. The third kappa shape index (κ3) is 3.50. The van der Waals surface area contributed by atoms with Gasteiger partial charge in [0.15, 0.2) is 0 Å². The minimum absolute atomic E-state index is 0.0438. The normalized spacial score (nSPS) is 17.5. The summed E-state index contributed by atoms with van der Waals surface area (Å²) in [4.78, 5) is 29.0. The predicted molar refractivity (Wildman–Crippen MR) is 105 cm³/mol. The molecule has 1 fully saturated rings. The smallest absolute Gasteiger partial charge is 0.282 e. The Hall–Kier alpha value is -2.48. The Labute approximate surface area is 175 Å². The molecule has 0 aromatic heterocycles. The molecular formula is C20H14Cl2F2N2O3. The SMILES string of the molecule is O=C1C(c2ccc(Cl)cc2Cl)=C(N2CCOCC2)C(=O)N1c1ccc(F)cc1F. The van der Waals surface area contributed by atoms with Crippen LogP contribution in [0.1, 0.15) is 5.56 Å². The molecule has 0 spiro atoms. The zero-order valence-electron chi connectivity index (χ0n) is 14.9. The van der Waals surface area contributed by atoms with Gasteiger partial charge in [0, 0.05) is 29.7 Å². The largest absolute Gasteiger partial charge is 0.378 e. The second-order valence-corrected chi connectivity index (χ2v) is 7.33. The molecule has 0 N–H and O–H groups in total. The summed E-state index contributed by atoms with van der Waals surface area (Å²) in [6.45, 7) is 1.50. The Balaban J connectivity index is 1.88. The van der Waals surface area contributed by atoms with Gasteiger partial charge in [0.25, 0.3) is 11.8 Å². The summed E-state index contributed by atoms with van der Waals surface area (Å²) in [6.07, 6.45) is 0. The van der Waals surface area contributed by atoms with Crippen LogP contribution in [-0.4, -0.2) is 43.0 Å². The molecule has 150 valence electrons. The van der Waals surface area contributed by atoms with Gasteiger partial charge in [-0.1, -0.05) is 29.3 Å². The molecule has 2 aliphatic heterocycles. The number of hydrogen-bond donors (Lipinski definition) is 0. The molecule has 0 atom stereocenters. The molecule has 0 unspecified atom stereocenters. The average molecular weight is 439 g/mol. The van der Waals surface area contributed by atoms with E-state index in [9.17, 15) is 18.4 Å². The van der Waals surface area contributed by atoms with Crippen molar-refractivity contribution in [1.29, 1.82) is 0 Å². The summed E-state index contributed by atoms with van der Waals surface area (Å²) in [5.41, 5.74) is 0.127. The van der Waals surface area contributed by atoms with E-state index in [0.29, 0.717) is 47.9 Å². The lowest BCUT2D eigenvalue weighted by Crippen LogP contribution is -2.40. The van der Waals surface area contributed by atoms with Crippen LogP contribution in [0.5, 0.6) is 0 Å². The zero-order chi connectivity index (χ0) is 20.7. The van der Waals surface area contributed by atoms with Crippen LogP contribution in [0.3, 0.4) is 0 Å². The maximum absolute atomic E-state index is 14.4. The molecule has 29 heavy (non-hydrogen) atoms. The van der Waals surface area contributed by atoms with Crippen molar-refractivity contribution in [2.45, 2.75) is 0 Å². The number of halogens is 4. The lowest BCUT2D eigenvalue weighted by molar-refractivity contribution is -0.121. The Morgan fingerprint density at radius 3 is 2.31 bits per heavy atom. The fourth-order valence-corrected chi connectivity index (χ4v) is 3.92. The fourth-order valence-electron chi connectivity index (χ4n) is 3.41. The zero-order valence-corrected chi connectivity index (χ0v) is 16.4. The van der Waals surface area contributed by atoms with Crippen LogP contribution in [0.4, 0.5) is 14.5 Å². The van der Waals surface area contributed by atoms with Crippen molar-refractivity contribution in [1.82, 2.24) is 4.90 Å². The van der Waals surface area contributed by atoms with Crippen molar-refractivity contribution >= 4 is 46.3 Å². The molecule has 2 aromatic carbocycles. The second-order valence-electron chi connectivity index (χ2n) is 6.49. The van der Waals surface area contributed by atoms with Crippen LogP contribution in [0.15, 0.2) is 42.1 Å². The number of benzene rings is 2. The van der Waals surface area contributed by atoms with Gasteiger partial charge in [-0.15, -0.1) is 0 Å². The minimum atomic E-state index is -1.02. The number of nitrogens with zero attached hydrogens (tertiary/aromatic N) is 2. The van der Waals surface area contributed by atoms with Crippen LogP contribution in [-0.2, 0) is 14.3 Å². The molecule has 0 radical (unpaired) electrons. The molecule has 0 aliphatic carbocycles. The highest BCUT2D eigenvalue weighted by atomic mass is 35.5. The number of amides is 2. The van der Waals surface area contributed by atoms with Crippen molar-refractivity contribution in [3.05, 3.63) is 69.3 Å². The second kappa shape index (κ2) is 7.74. The average Bonchev–Trinajstić information content (AvgIpc) is 2.93. The van der Waals surface area contributed by atoms with E-state index in [-0.39, 0.29) is 22.0 Å². The Kier molecular flexibility index (Phi) is 5.29. The molecule has 1 saturated heterocycles. The molecule has 4 rings (SSSR count). The highest BCUT2D eigenvalue weighted by molar-refractivity contribution is 6.47.